The van der Waals surface area contributed by atoms with Gasteiger partial charge in [0.2, 0.25) is 0 Å². The number of aromatic nitrogens is 1. The van der Waals surface area contributed by atoms with Crippen LogP contribution in [0.1, 0.15) is 46.6 Å². The molecule has 3 aromatic rings. The van der Waals surface area contributed by atoms with Crippen LogP contribution in [-0.4, -0.2) is 35.9 Å². The Balaban J connectivity index is 1.95. The number of hydrogen-bond acceptors (Lipinski definition) is 5. The summed E-state index contributed by atoms with van der Waals surface area (Å²) in [4.78, 5) is 26.4. The molecule has 37 heavy (non-hydrogen) atoms. The van der Waals surface area contributed by atoms with E-state index in [0.717, 1.165) is 16.7 Å². The molecule has 0 aliphatic rings. The fourth-order valence-corrected chi connectivity index (χ4v) is 4.83. The summed E-state index contributed by atoms with van der Waals surface area (Å²) in [5, 5.41) is 11.4. The van der Waals surface area contributed by atoms with Crippen molar-refractivity contribution < 1.29 is 31.5 Å². The molecule has 1 aromatic heterocycles. The second kappa shape index (κ2) is 10.9. The molecule has 0 saturated carbocycles. The fourth-order valence-electron chi connectivity index (χ4n) is 3.77. The third-order valence-electron chi connectivity index (χ3n) is 5.94. The average Bonchev–Trinajstić information content (AvgIpc) is 2.84. The first kappa shape index (κ1) is 28.1. The van der Waals surface area contributed by atoms with E-state index in [4.69, 9.17) is 0 Å². The molecule has 0 atom stereocenters. The first-order chi connectivity index (χ1) is 17.3. The van der Waals surface area contributed by atoms with E-state index >= 15 is 0 Å². The Hall–Kier alpha value is -3.44. The van der Waals surface area contributed by atoms with Crippen LogP contribution in [-0.2, 0) is 29.0 Å². The van der Waals surface area contributed by atoms with Gasteiger partial charge >= 0.3 is 6.18 Å². The van der Waals surface area contributed by atoms with Gasteiger partial charge in [-0.2, -0.15) is 13.2 Å². The quantitative estimate of drug-likeness (QED) is 0.456. The number of rotatable bonds is 8. The third-order valence-corrected chi connectivity index (χ3v) is 8.11. The molecule has 0 aliphatic carbocycles. The molecule has 1 heterocycles. The van der Waals surface area contributed by atoms with Crippen molar-refractivity contribution in [3.8, 4) is 5.69 Å². The van der Waals surface area contributed by atoms with Gasteiger partial charge in [0.05, 0.1) is 15.7 Å². The van der Waals surface area contributed by atoms with Crippen LogP contribution in [0.3, 0.4) is 0 Å². The zero-order valence-electron chi connectivity index (χ0n) is 20.5. The number of sulfone groups is 1. The minimum absolute atomic E-state index is 0.0208. The summed E-state index contributed by atoms with van der Waals surface area (Å²) in [6.07, 6.45) is -4.54. The Kier molecular flexibility index (Phi) is 8.28. The highest BCUT2D eigenvalue weighted by atomic mass is 32.2. The highest BCUT2D eigenvalue weighted by Crippen LogP contribution is 2.30. The van der Waals surface area contributed by atoms with Gasteiger partial charge in [-0.15, -0.1) is 0 Å². The minimum Gasteiger partial charge on any atom is -0.396 e. The molecule has 0 bridgehead atoms. The predicted molar refractivity (Wildman–Crippen MR) is 133 cm³/mol. The van der Waals surface area contributed by atoms with Crippen LogP contribution in [0.25, 0.3) is 5.69 Å². The van der Waals surface area contributed by atoms with Crippen molar-refractivity contribution in [2.45, 2.75) is 50.1 Å². The molecule has 0 unspecified atom stereocenters. The molecule has 0 spiro atoms. The number of aliphatic hydroxyl groups is 1. The number of carbonyl (C=O) groups excluding carboxylic acids is 1. The molecule has 11 heteroatoms. The van der Waals surface area contributed by atoms with E-state index in [-0.39, 0.29) is 35.7 Å². The normalized spacial score (nSPS) is 12.1. The lowest BCUT2D eigenvalue weighted by Gasteiger charge is -2.17. The summed E-state index contributed by atoms with van der Waals surface area (Å²) >= 11 is 0. The monoisotopic (exact) mass is 536 g/mol. The van der Waals surface area contributed by atoms with Gasteiger partial charge in [0.15, 0.2) is 9.84 Å². The fraction of sp³-hybridized carbons (Fsp3) is 0.308. The van der Waals surface area contributed by atoms with Crippen LogP contribution in [0.15, 0.2) is 64.3 Å². The van der Waals surface area contributed by atoms with E-state index in [9.17, 15) is 36.3 Å². The molecule has 1 amide bonds. The SMILES string of the molecule is Cc1c(CCO)cc(C(=O)NCc2ccc(S(=O)(=O)C(C)C)cc2)c(=O)n1-c1cccc(C(F)(F)F)c1. The van der Waals surface area contributed by atoms with E-state index in [1.807, 2.05) is 0 Å². The smallest absolute Gasteiger partial charge is 0.396 e. The van der Waals surface area contributed by atoms with Gasteiger partial charge in [-0.3, -0.25) is 14.2 Å². The van der Waals surface area contributed by atoms with Gasteiger partial charge in [0.25, 0.3) is 11.5 Å². The second-order valence-electron chi connectivity index (χ2n) is 8.75. The number of nitrogens with zero attached hydrogens (tertiary/aromatic N) is 1. The summed E-state index contributed by atoms with van der Waals surface area (Å²) in [5.41, 5.74) is -0.813. The van der Waals surface area contributed by atoms with Gasteiger partial charge in [-0.05, 0) is 74.7 Å². The molecular weight excluding hydrogens is 509 g/mol. The van der Waals surface area contributed by atoms with E-state index in [0.29, 0.717) is 16.8 Å². The number of carbonyl (C=O) groups is 1. The Morgan fingerprint density at radius 1 is 1.08 bits per heavy atom. The molecule has 198 valence electrons. The van der Waals surface area contributed by atoms with Crippen LogP contribution in [0.2, 0.25) is 0 Å². The summed E-state index contributed by atoms with van der Waals surface area (Å²) in [7, 11) is -3.45. The predicted octanol–water partition coefficient (Wildman–Crippen LogP) is 3.81. The number of amides is 1. The number of hydrogen-bond donors (Lipinski definition) is 2. The number of benzene rings is 2. The Bertz CT molecular complexity index is 1460. The molecule has 0 aliphatic heterocycles. The minimum atomic E-state index is -4.62. The van der Waals surface area contributed by atoms with Crippen molar-refractivity contribution >= 4 is 15.7 Å². The summed E-state index contributed by atoms with van der Waals surface area (Å²) in [6, 6.07) is 11.5. The van der Waals surface area contributed by atoms with Crippen LogP contribution in [0.4, 0.5) is 13.2 Å². The molecule has 2 aromatic carbocycles. The van der Waals surface area contributed by atoms with Gasteiger partial charge < -0.3 is 10.4 Å². The molecule has 0 radical (unpaired) electrons. The Morgan fingerprint density at radius 2 is 1.73 bits per heavy atom. The van der Waals surface area contributed by atoms with E-state index in [1.165, 1.54) is 37.3 Å². The topological polar surface area (TPSA) is 105 Å². The number of nitrogens with one attached hydrogen (secondary N) is 1. The van der Waals surface area contributed by atoms with Gasteiger partial charge in [-0.25, -0.2) is 8.42 Å². The molecule has 3 rings (SSSR count). The summed E-state index contributed by atoms with van der Waals surface area (Å²) in [6.45, 7) is 4.35. The molecule has 0 fully saturated rings. The second-order valence-corrected chi connectivity index (χ2v) is 11.3. The van der Waals surface area contributed by atoms with E-state index < -0.39 is 38.3 Å². The van der Waals surface area contributed by atoms with E-state index in [1.54, 1.807) is 26.0 Å². The lowest BCUT2D eigenvalue weighted by atomic mass is 10.1. The largest absolute Gasteiger partial charge is 0.416 e. The van der Waals surface area contributed by atoms with Gasteiger partial charge in [0.1, 0.15) is 5.56 Å². The zero-order valence-corrected chi connectivity index (χ0v) is 21.3. The van der Waals surface area contributed by atoms with Gasteiger partial charge in [0, 0.05) is 24.5 Å². The first-order valence-electron chi connectivity index (χ1n) is 11.4. The van der Waals surface area contributed by atoms with Crippen molar-refractivity contribution in [3.05, 3.63) is 92.9 Å². The number of alkyl halides is 3. The zero-order chi connectivity index (χ0) is 27.5. The van der Waals surface area contributed by atoms with Crippen molar-refractivity contribution in [2.75, 3.05) is 6.61 Å². The van der Waals surface area contributed by atoms with Crippen LogP contribution >= 0.6 is 0 Å². The lowest BCUT2D eigenvalue weighted by Crippen LogP contribution is -2.34. The van der Waals surface area contributed by atoms with Crippen molar-refractivity contribution in [1.29, 1.82) is 0 Å². The first-order valence-corrected chi connectivity index (χ1v) is 13.0. The highest BCUT2D eigenvalue weighted by Gasteiger charge is 2.31. The van der Waals surface area contributed by atoms with Crippen molar-refractivity contribution in [2.24, 2.45) is 0 Å². The number of aliphatic hydroxyl groups excluding tert-OH is 1. The summed E-state index contributed by atoms with van der Waals surface area (Å²) < 4.78 is 65.4. The van der Waals surface area contributed by atoms with Crippen LogP contribution < -0.4 is 10.9 Å². The third kappa shape index (κ3) is 6.11. The van der Waals surface area contributed by atoms with Crippen molar-refractivity contribution in [1.82, 2.24) is 9.88 Å². The molecule has 2 N–H and O–H groups in total. The standard InChI is InChI=1S/C26H27F3N2O5S/c1-16(2)37(35,36)22-9-7-18(8-10-22)15-30-24(33)23-13-19(11-12-32)17(3)31(25(23)34)21-6-4-5-20(14-21)26(27,28)29/h4-10,13-14,16,32H,11-12,15H2,1-3H3,(H,30,33). The molecular formula is C26H27F3N2O5S. The van der Waals surface area contributed by atoms with Crippen LogP contribution in [0.5, 0.6) is 0 Å². The Morgan fingerprint density at radius 3 is 2.30 bits per heavy atom. The van der Waals surface area contributed by atoms with Crippen LogP contribution in [0, 0.1) is 6.92 Å². The van der Waals surface area contributed by atoms with Crippen molar-refractivity contribution in [3.63, 3.8) is 0 Å². The number of pyridine rings is 1. The average molecular weight is 537 g/mol. The highest BCUT2D eigenvalue weighted by molar-refractivity contribution is 7.92. The summed E-state index contributed by atoms with van der Waals surface area (Å²) in [5.74, 6) is -0.760. The molecule has 0 saturated heterocycles. The lowest BCUT2D eigenvalue weighted by molar-refractivity contribution is -0.137. The maximum atomic E-state index is 13.3. The maximum Gasteiger partial charge on any atom is 0.416 e. The molecule has 7 nitrogen and oxygen atoms in total. The number of halogens is 3. The van der Waals surface area contributed by atoms with E-state index in [2.05, 4.69) is 5.32 Å². The maximum absolute atomic E-state index is 13.3. The Labute approximate surface area is 212 Å². The van der Waals surface area contributed by atoms with Gasteiger partial charge in [-0.1, -0.05) is 18.2 Å².